The van der Waals surface area contributed by atoms with Gasteiger partial charge >= 0.3 is 0 Å². The molecule has 0 amide bonds. The molecule has 0 unspecified atom stereocenters. The van der Waals surface area contributed by atoms with Crippen molar-refractivity contribution in [3.05, 3.63) is 76.3 Å². The second kappa shape index (κ2) is 9.05. The molecule has 0 spiro atoms. The molecule has 0 fully saturated rings. The van der Waals surface area contributed by atoms with E-state index in [1.165, 1.54) is 30.0 Å². The Morgan fingerprint density at radius 1 is 1.14 bits per heavy atom. The Balaban J connectivity index is 1.86. The van der Waals surface area contributed by atoms with Gasteiger partial charge in [-0.2, -0.15) is 0 Å². The van der Waals surface area contributed by atoms with E-state index in [0.29, 0.717) is 22.8 Å². The first-order valence-corrected chi connectivity index (χ1v) is 8.51. The Morgan fingerprint density at radius 2 is 1.93 bits per heavy atom. The molecule has 10 heteroatoms. The molecule has 144 valence electrons. The van der Waals surface area contributed by atoms with Gasteiger partial charge in [0.2, 0.25) is 5.82 Å². The summed E-state index contributed by atoms with van der Waals surface area (Å²) in [6.45, 7) is -0.0442. The van der Waals surface area contributed by atoms with E-state index in [2.05, 4.69) is 25.8 Å². The largest absolute Gasteiger partial charge is 0.399 e. The zero-order valence-electron chi connectivity index (χ0n) is 15.1. The molecule has 0 aliphatic carbocycles. The minimum atomic E-state index is -0.526. The molecule has 0 aliphatic heterocycles. The van der Waals surface area contributed by atoms with E-state index in [4.69, 9.17) is 21.3 Å². The fourth-order valence-corrected chi connectivity index (χ4v) is 2.54. The zero-order valence-corrected chi connectivity index (χ0v) is 15.8. The number of hydrogen-bond acceptors (Lipinski definition) is 7. The molecule has 0 aliphatic rings. The van der Waals surface area contributed by atoms with Crippen molar-refractivity contribution in [2.75, 3.05) is 13.7 Å². The maximum atomic E-state index is 13.4. The maximum Gasteiger partial charge on any atom is 0.204 e. The molecule has 0 saturated carbocycles. The minimum absolute atomic E-state index is 0.0278. The second-order valence-corrected chi connectivity index (χ2v) is 5.96. The molecule has 0 saturated heterocycles. The molecule has 8 nitrogen and oxygen atoms in total. The smallest absolute Gasteiger partial charge is 0.204 e. The quantitative estimate of drug-likeness (QED) is 0.448. The Hall–Kier alpha value is -3.33. The van der Waals surface area contributed by atoms with Gasteiger partial charge in [-0.05, 0) is 28.6 Å². The molecule has 0 N–H and O–H groups in total. The van der Waals surface area contributed by atoms with Crippen LogP contribution in [0.25, 0.3) is 0 Å². The van der Waals surface area contributed by atoms with Gasteiger partial charge in [0.25, 0.3) is 0 Å². The van der Waals surface area contributed by atoms with E-state index in [-0.39, 0.29) is 11.6 Å². The summed E-state index contributed by atoms with van der Waals surface area (Å²) < 4.78 is 14.9. The molecule has 0 atom stereocenters. The van der Waals surface area contributed by atoms with Crippen molar-refractivity contribution in [2.24, 2.45) is 17.4 Å². The predicted octanol–water partition coefficient (Wildman–Crippen LogP) is 2.82. The van der Waals surface area contributed by atoms with Crippen molar-refractivity contribution in [3.8, 4) is 0 Å². The van der Waals surface area contributed by atoms with Crippen LogP contribution in [0.15, 0.2) is 58.8 Å². The van der Waals surface area contributed by atoms with Gasteiger partial charge < -0.3 is 9.68 Å². The van der Waals surface area contributed by atoms with Crippen LogP contribution < -0.4 is 0 Å². The topological polar surface area (TPSA) is 86.8 Å². The molecule has 1 heterocycles. The fraction of sp³-hybridized carbons (Fsp3) is 0.167. The van der Waals surface area contributed by atoms with Crippen LogP contribution in [0, 0.1) is 5.82 Å². The molecular weight excluding hydrogens is 387 g/mol. The van der Waals surface area contributed by atoms with Gasteiger partial charge in [-0.1, -0.05) is 52.2 Å². The van der Waals surface area contributed by atoms with E-state index in [1.54, 1.807) is 7.05 Å². The van der Waals surface area contributed by atoms with E-state index in [1.807, 2.05) is 30.3 Å². The first-order valence-electron chi connectivity index (χ1n) is 8.13. The molecular formula is C18H16ClFN6O2. The second-order valence-electron chi connectivity index (χ2n) is 5.55. The van der Waals surface area contributed by atoms with Crippen molar-refractivity contribution in [1.29, 1.82) is 0 Å². The monoisotopic (exact) mass is 402 g/mol. The fourth-order valence-electron chi connectivity index (χ4n) is 2.35. The number of rotatable bonds is 7. The van der Waals surface area contributed by atoms with E-state index >= 15 is 0 Å². The van der Waals surface area contributed by atoms with Crippen LogP contribution in [0.3, 0.4) is 0 Å². The third-order valence-electron chi connectivity index (χ3n) is 3.69. The summed E-state index contributed by atoms with van der Waals surface area (Å²) in [6, 6.07) is 13.6. The van der Waals surface area contributed by atoms with Crippen LogP contribution in [-0.4, -0.2) is 45.3 Å². The first kappa shape index (κ1) is 19.4. The Kier molecular flexibility index (Phi) is 6.28. The molecule has 2 aromatic carbocycles. The highest BCUT2D eigenvalue weighted by Gasteiger charge is 2.15. The predicted molar refractivity (Wildman–Crippen MR) is 102 cm³/mol. The highest BCUT2D eigenvalue weighted by Crippen LogP contribution is 2.17. The Bertz CT molecular complexity index is 1010. The summed E-state index contributed by atoms with van der Waals surface area (Å²) in [4.78, 5) is 10.3. The molecule has 0 radical (unpaired) electrons. The molecule has 1 aromatic heterocycles. The number of halogens is 2. The number of nitrogens with zero attached hydrogens (tertiary/aromatic N) is 6. The van der Waals surface area contributed by atoms with Gasteiger partial charge in [0.15, 0.2) is 12.3 Å². The summed E-state index contributed by atoms with van der Waals surface area (Å²) in [5, 5.41) is 19.5. The van der Waals surface area contributed by atoms with Crippen LogP contribution in [0.1, 0.15) is 17.0 Å². The summed E-state index contributed by atoms with van der Waals surface area (Å²) >= 11 is 5.84. The number of aromatic nitrogens is 4. The highest BCUT2D eigenvalue weighted by atomic mass is 35.5. The third-order valence-corrected chi connectivity index (χ3v) is 3.98. The summed E-state index contributed by atoms with van der Waals surface area (Å²) in [7, 11) is 3.10. The van der Waals surface area contributed by atoms with E-state index < -0.39 is 5.82 Å². The van der Waals surface area contributed by atoms with Crippen LogP contribution in [0.2, 0.25) is 5.02 Å². The van der Waals surface area contributed by atoms with Gasteiger partial charge in [0, 0.05) is 18.2 Å². The highest BCUT2D eigenvalue weighted by molar-refractivity contribution is 6.31. The molecule has 3 aromatic rings. The van der Waals surface area contributed by atoms with Crippen LogP contribution in [0.5, 0.6) is 0 Å². The summed E-state index contributed by atoms with van der Waals surface area (Å²) in [5.74, 6) is -0.0940. The lowest BCUT2D eigenvalue weighted by Crippen LogP contribution is -2.14. The summed E-state index contributed by atoms with van der Waals surface area (Å²) in [5.41, 5.74) is 2.15. The summed E-state index contributed by atoms with van der Waals surface area (Å²) in [6.07, 6.45) is 0. The number of hydrogen-bond donors (Lipinski definition) is 0. The van der Waals surface area contributed by atoms with E-state index in [0.717, 1.165) is 5.56 Å². The maximum absolute atomic E-state index is 13.4. The Morgan fingerprint density at radius 3 is 2.57 bits per heavy atom. The lowest BCUT2D eigenvalue weighted by molar-refractivity contribution is 0.173. The molecule has 3 rings (SSSR count). The van der Waals surface area contributed by atoms with Crippen LogP contribution in [-0.2, 0) is 16.7 Å². The SMILES string of the molecule is CO/N=C(/CO/N=C(/c1ccccc1)c1nnnn1C)c1ccc(F)c(Cl)c1. The molecule has 0 bridgehead atoms. The number of tetrazole rings is 1. The standard InChI is InChI=1S/C18H16ClFN6O2/c1-26-18(21-24-25-26)17(12-6-4-3-5-7-12)23-28-11-16(22-27-2)13-8-9-15(20)14(19)10-13/h3-10H,11H2,1-2H3/b22-16-,23-17-. The minimum Gasteiger partial charge on any atom is -0.399 e. The number of benzene rings is 2. The van der Waals surface area contributed by atoms with Crippen molar-refractivity contribution in [1.82, 2.24) is 20.2 Å². The lowest BCUT2D eigenvalue weighted by atomic mass is 10.1. The Labute approximate surface area is 165 Å². The first-order chi connectivity index (χ1) is 13.6. The van der Waals surface area contributed by atoms with Crippen molar-refractivity contribution >= 4 is 23.0 Å². The third kappa shape index (κ3) is 4.49. The average molecular weight is 403 g/mol. The van der Waals surface area contributed by atoms with Gasteiger partial charge in [0.05, 0.1) is 5.02 Å². The van der Waals surface area contributed by atoms with Crippen LogP contribution >= 0.6 is 11.6 Å². The van der Waals surface area contributed by atoms with E-state index in [9.17, 15) is 4.39 Å². The van der Waals surface area contributed by atoms with Crippen molar-refractivity contribution < 1.29 is 14.1 Å². The normalized spacial score (nSPS) is 12.1. The lowest BCUT2D eigenvalue weighted by Gasteiger charge is -2.08. The molecule has 28 heavy (non-hydrogen) atoms. The zero-order chi connectivity index (χ0) is 19.9. The number of oxime groups is 2. The van der Waals surface area contributed by atoms with Gasteiger partial charge in [-0.15, -0.1) is 5.10 Å². The van der Waals surface area contributed by atoms with Crippen molar-refractivity contribution in [3.63, 3.8) is 0 Å². The van der Waals surface area contributed by atoms with Gasteiger partial charge in [-0.25, -0.2) is 9.07 Å². The van der Waals surface area contributed by atoms with Gasteiger partial charge in [-0.3, -0.25) is 0 Å². The average Bonchev–Trinajstić information content (AvgIpc) is 3.13. The van der Waals surface area contributed by atoms with Crippen molar-refractivity contribution in [2.45, 2.75) is 0 Å². The number of aryl methyl sites for hydroxylation is 1. The van der Waals surface area contributed by atoms with Gasteiger partial charge in [0.1, 0.15) is 18.6 Å². The van der Waals surface area contributed by atoms with Crippen LogP contribution in [0.4, 0.5) is 4.39 Å².